The number of anilines is 2. The lowest BCUT2D eigenvalue weighted by Crippen LogP contribution is -2.50. The van der Waals surface area contributed by atoms with Crippen LogP contribution < -0.4 is 15.5 Å². The van der Waals surface area contributed by atoms with Gasteiger partial charge in [-0.25, -0.2) is 9.78 Å². The first kappa shape index (κ1) is 19.0. The number of halogens is 1. The van der Waals surface area contributed by atoms with E-state index in [0.717, 1.165) is 24.6 Å². The maximum Gasteiger partial charge on any atom is 0.321 e. The topological polar surface area (TPSA) is 60.5 Å². The second kappa shape index (κ2) is 7.60. The molecule has 0 bridgehead atoms. The van der Waals surface area contributed by atoms with Gasteiger partial charge in [-0.2, -0.15) is 0 Å². The minimum atomic E-state index is -0.0604. The third kappa shape index (κ3) is 3.80. The second-order valence-electron chi connectivity index (χ2n) is 8.07. The van der Waals surface area contributed by atoms with Gasteiger partial charge in [0, 0.05) is 56.6 Å². The predicted molar refractivity (Wildman–Crippen MR) is 113 cm³/mol. The van der Waals surface area contributed by atoms with Gasteiger partial charge in [0.05, 0.1) is 5.02 Å². The van der Waals surface area contributed by atoms with E-state index in [1.54, 1.807) is 6.20 Å². The molecule has 148 valence electrons. The van der Waals surface area contributed by atoms with Crippen molar-refractivity contribution in [2.24, 2.45) is 0 Å². The van der Waals surface area contributed by atoms with Crippen LogP contribution in [0.25, 0.3) is 0 Å². The zero-order chi connectivity index (χ0) is 19.7. The number of urea groups is 1. The Morgan fingerprint density at radius 3 is 2.75 bits per heavy atom. The van der Waals surface area contributed by atoms with Crippen molar-refractivity contribution in [1.29, 1.82) is 0 Å². The zero-order valence-corrected chi connectivity index (χ0v) is 17.1. The van der Waals surface area contributed by atoms with Crippen LogP contribution in [-0.4, -0.2) is 48.6 Å². The summed E-state index contributed by atoms with van der Waals surface area (Å²) >= 11 is 6.24. The van der Waals surface area contributed by atoms with Crippen LogP contribution in [0.1, 0.15) is 25.0 Å². The standard InChI is InChI=1S/C21H26ClN5O/c1-21(2)14-23-13-15-12-16(5-6-17(15)21)25-20(28)27-10-8-26(9-11-27)19-18(22)4-3-7-24-19/h3-7,12,23H,8-11,13-14H2,1-2H3,(H,25,28). The van der Waals surface area contributed by atoms with Gasteiger partial charge in [-0.15, -0.1) is 0 Å². The van der Waals surface area contributed by atoms with Crippen LogP contribution in [0.15, 0.2) is 36.5 Å². The molecule has 28 heavy (non-hydrogen) atoms. The Morgan fingerprint density at radius 1 is 1.21 bits per heavy atom. The molecular weight excluding hydrogens is 374 g/mol. The fourth-order valence-corrected chi connectivity index (χ4v) is 4.26. The number of carbonyl (C=O) groups excluding carboxylic acids is 1. The maximum absolute atomic E-state index is 12.7. The van der Waals surface area contributed by atoms with Crippen molar-refractivity contribution in [3.05, 3.63) is 52.7 Å². The summed E-state index contributed by atoms with van der Waals surface area (Å²) in [5.74, 6) is 0.786. The molecule has 1 fully saturated rings. The lowest BCUT2D eigenvalue weighted by Gasteiger charge is -2.36. The van der Waals surface area contributed by atoms with Crippen molar-refractivity contribution in [3.8, 4) is 0 Å². The average Bonchev–Trinajstić information content (AvgIpc) is 2.68. The molecule has 1 aromatic heterocycles. The second-order valence-corrected chi connectivity index (χ2v) is 8.48. The van der Waals surface area contributed by atoms with Crippen molar-refractivity contribution in [2.45, 2.75) is 25.8 Å². The lowest BCUT2D eigenvalue weighted by atomic mass is 9.79. The fraction of sp³-hybridized carbons (Fsp3) is 0.429. The van der Waals surface area contributed by atoms with E-state index >= 15 is 0 Å². The summed E-state index contributed by atoms with van der Waals surface area (Å²) < 4.78 is 0. The third-order valence-corrected chi connectivity index (χ3v) is 5.87. The molecule has 2 aliphatic rings. The molecule has 4 rings (SSSR count). The number of nitrogens with zero attached hydrogens (tertiary/aromatic N) is 3. The van der Waals surface area contributed by atoms with Crippen LogP contribution in [0.5, 0.6) is 0 Å². The molecule has 2 aromatic rings. The van der Waals surface area contributed by atoms with E-state index in [0.29, 0.717) is 31.2 Å². The van der Waals surface area contributed by atoms with Crippen molar-refractivity contribution >= 4 is 29.1 Å². The van der Waals surface area contributed by atoms with Crippen molar-refractivity contribution in [1.82, 2.24) is 15.2 Å². The van der Waals surface area contributed by atoms with Crippen molar-refractivity contribution in [2.75, 3.05) is 42.9 Å². The Labute approximate surface area is 170 Å². The Bertz CT molecular complexity index is 877. The van der Waals surface area contributed by atoms with Gasteiger partial charge in [0.15, 0.2) is 0 Å². The predicted octanol–water partition coefficient (Wildman–Crippen LogP) is 3.47. The first-order chi connectivity index (χ1) is 13.4. The molecule has 6 nitrogen and oxygen atoms in total. The number of benzene rings is 1. The molecule has 2 aliphatic heterocycles. The van der Waals surface area contributed by atoms with Gasteiger partial charge in [-0.1, -0.05) is 31.5 Å². The number of pyridine rings is 1. The minimum Gasteiger partial charge on any atom is -0.352 e. The molecule has 7 heteroatoms. The quantitative estimate of drug-likeness (QED) is 0.811. The monoisotopic (exact) mass is 399 g/mol. The summed E-state index contributed by atoms with van der Waals surface area (Å²) in [5.41, 5.74) is 3.56. The van der Waals surface area contributed by atoms with Crippen molar-refractivity contribution in [3.63, 3.8) is 0 Å². The number of carbonyl (C=O) groups is 1. The van der Waals surface area contributed by atoms with Crippen LogP contribution in [-0.2, 0) is 12.0 Å². The Hall–Kier alpha value is -2.31. The highest BCUT2D eigenvalue weighted by molar-refractivity contribution is 6.32. The summed E-state index contributed by atoms with van der Waals surface area (Å²) in [6.07, 6.45) is 1.74. The molecular formula is C21H26ClN5O. The van der Waals surface area contributed by atoms with E-state index in [9.17, 15) is 4.79 Å². The highest BCUT2D eigenvalue weighted by atomic mass is 35.5. The molecule has 2 amide bonds. The van der Waals surface area contributed by atoms with Gasteiger partial charge >= 0.3 is 6.03 Å². The lowest BCUT2D eigenvalue weighted by molar-refractivity contribution is 0.208. The summed E-state index contributed by atoms with van der Waals surface area (Å²) in [7, 11) is 0. The van der Waals surface area contributed by atoms with E-state index in [4.69, 9.17) is 11.6 Å². The number of nitrogens with one attached hydrogen (secondary N) is 2. The summed E-state index contributed by atoms with van der Waals surface area (Å²) in [6, 6.07) is 9.85. The molecule has 0 unspecified atom stereocenters. The largest absolute Gasteiger partial charge is 0.352 e. The molecule has 0 radical (unpaired) electrons. The molecule has 1 aromatic carbocycles. The van der Waals surface area contributed by atoms with E-state index in [1.807, 2.05) is 23.1 Å². The molecule has 0 atom stereocenters. The number of piperazine rings is 1. The van der Waals surface area contributed by atoms with Gasteiger partial charge in [-0.3, -0.25) is 0 Å². The summed E-state index contributed by atoms with van der Waals surface area (Å²) in [4.78, 5) is 21.0. The van der Waals surface area contributed by atoms with Gasteiger partial charge in [0.1, 0.15) is 5.82 Å². The number of aromatic nitrogens is 1. The number of hydrogen-bond acceptors (Lipinski definition) is 4. The highest BCUT2D eigenvalue weighted by Crippen LogP contribution is 2.31. The van der Waals surface area contributed by atoms with E-state index in [2.05, 4.69) is 46.5 Å². The van der Waals surface area contributed by atoms with Crippen LogP contribution in [0.3, 0.4) is 0 Å². The Morgan fingerprint density at radius 2 is 2.00 bits per heavy atom. The molecule has 3 heterocycles. The smallest absolute Gasteiger partial charge is 0.321 e. The molecule has 0 saturated carbocycles. The van der Waals surface area contributed by atoms with E-state index in [1.165, 1.54) is 11.1 Å². The number of hydrogen-bond donors (Lipinski definition) is 2. The van der Waals surface area contributed by atoms with Crippen LogP contribution >= 0.6 is 11.6 Å². The Kier molecular flexibility index (Phi) is 5.17. The fourth-order valence-electron chi connectivity index (χ4n) is 4.02. The summed E-state index contributed by atoms with van der Waals surface area (Å²) in [5, 5.41) is 7.15. The molecule has 0 spiro atoms. The SMILES string of the molecule is CC1(C)CNCc2cc(NC(=O)N3CCN(c4ncccc4Cl)CC3)ccc21. The number of amides is 2. The first-order valence-electron chi connectivity index (χ1n) is 9.69. The van der Waals surface area contributed by atoms with Gasteiger partial charge < -0.3 is 20.4 Å². The molecule has 2 N–H and O–H groups in total. The van der Waals surface area contributed by atoms with Crippen molar-refractivity contribution < 1.29 is 4.79 Å². The van der Waals surface area contributed by atoms with Gasteiger partial charge in [0.25, 0.3) is 0 Å². The number of fused-ring (bicyclic) bond motifs is 1. The molecule has 1 saturated heterocycles. The van der Waals surface area contributed by atoms with E-state index in [-0.39, 0.29) is 11.4 Å². The zero-order valence-electron chi connectivity index (χ0n) is 16.3. The Balaban J connectivity index is 1.38. The van der Waals surface area contributed by atoms with E-state index < -0.39 is 0 Å². The minimum absolute atomic E-state index is 0.0604. The maximum atomic E-state index is 12.7. The average molecular weight is 400 g/mol. The third-order valence-electron chi connectivity index (χ3n) is 5.57. The number of rotatable bonds is 2. The normalized spacial score (nSPS) is 18.5. The summed E-state index contributed by atoms with van der Waals surface area (Å²) in [6.45, 7) is 8.99. The van der Waals surface area contributed by atoms with Crippen LogP contribution in [0.2, 0.25) is 5.02 Å². The van der Waals surface area contributed by atoms with Gasteiger partial charge in [0.2, 0.25) is 0 Å². The van der Waals surface area contributed by atoms with Gasteiger partial charge in [-0.05, 0) is 35.4 Å². The van der Waals surface area contributed by atoms with Crippen LogP contribution in [0, 0.1) is 0 Å². The van der Waals surface area contributed by atoms with Crippen LogP contribution in [0.4, 0.5) is 16.3 Å². The highest BCUT2D eigenvalue weighted by Gasteiger charge is 2.28. The first-order valence-corrected chi connectivity index (χ1v) is 10.1. The molecule has 0 aliphatic carbocycles.